The van der Waals surface area contributed by atoms with Gasteiger partial charge in [-0.25, -0.2) is 9.13 Å². The van der Waals surface area contributed by atoms with Gasteiger partial charge in [-0.3, -0.25) is 37.3 Å². The number of rotatable bonds is 77. The number of aliphatic hydroxyl groups is 1. The van der Waals surface area contributed by atoms with Crippen molar-refractivity contribution in [2.45, 2.75) is 380 Å². The van der Waals surface area contributed by atoms with Crippen LogP contribution in [0.5, 0.6) is 0 Å². The highest BCUT2D eigenvalue weighted by atomic mass is 31.2. The number of carbonyl (C=O) groups excluding carboxylic acids is 4. The summed E-state index contributed by atoms with van der Waals surface area (Å²) in [6.07, 6.45) is 78.3. The Kier molecular flexibility index (Phi) is 72.7. The van der Waals surface area contributed by atoms with E-state index >= 15 is 0 Å². The van der Waals surface area contributed by atoms with E-state index in [2.05, 4.69) is 113 Å². The topological polar surface area (TPSA) is 237 Å². The number of hydrogen-bond donors (Lipinski definition) is 3. The Morgan fingerprint density at radius 1 is 0.284 bits per heavy atom. The number of carbonyl (C=O) groups is 4. The maximum absolute atomic E-state index is 13.1. The number of unbranched alkanes of at least 4 members (excludes halogenated alkanes) is 37. The van der Waals surface area contributed by atoms with Gasteiger partial charge in [0, 0.05) is 25.7 Å². The summed E-state index contributed by atoms with van der Waals surface area (Å²) in [5.41, 5.74) is 0. The fourth-order valence-electron chi connectivity index (χ4n) is 11.2. The molecule has 0 spiro atoms. The molecule has 0 saturated heterocycles. The molecule has 0 aliphatic carbocycles. The van der Waals surface area contributed by atoms with E-state index in [1.165, 1.54) is 89.9 Å². The lowest BCUT2D eigenvalue weighted by Gasteiger charge is -2.21. The molecule has 17 nitrogen and oxygen atoms in total. The Hall–Kier alpha value is -3.76. The van der Waals surface area contributed by atoms with Crippen LogP contribution in [0, 0.1) is 0 Å². The molecule has 0 aromatic carbocycles. The largest absolute Gasteiger partial charge is 0.472 e. The Balaban J connectivity index is 5.35. The zero-order chi connectivity index (χ0) is 74.6. The molecule has 0 fully saturated rings. The van der Waals surface area contributed by atoms with Gasteiger partial charge >= 0.3 is 39.5 Å². The van der Waals surface area contributed by atoms with E-state index in [1.807, 2.05) is 0 Å². The molecule has 592 valence electrons. The molecule has 0 radical (unpaired) electrons. The Morgan fingerprint density at radius 3 is 0.794 bits per heavy atom. The maximum atomic E-state index is 13.1. The standard InChI is InChI=1S/C83H148O17P2/c1-5-9-13-17-21-25-29-33-36-38-41-45-48-52-56-60-64-68-81(86)94-74-79(100-83(88)70-66-62-58-54-50-46-42-39-37-34-30-26-22-18-14-10-6-2)76-98-102(91,92)96-72-77(84)71-95-101(89,90)97-75-78(99-82(87)69-65-61-57-53-49-43-32-28-24-20-16-12-8-4)73-93-80(85)67-63-59-55-51-47-44-40-35-31-27-23-19-15-11-7-3/h9-10,13-14,21-22,25-26,33-37,40,77-79,84H,5-8,11-12,15-20,23-24,27-32,38-39,41-76H2,1-4H3,(H,89,90)(H,91,92)/b13-9-,14-10-,25-21-,26-22-,36-33-,37-34-,40-35-. The van der Waals surface area contributed by atoms with Gasteiger partial charge in [0.1, 0.15) is 19.3 Å². The minimum Gasteiger partial charge on any atom is -0.462 e. The molecule has 0 amide bonds. The Labute approximate surface area is 621 Å². The number of allylic oxidation sites excluding steroid dienone is 14. The molecule has 0 saturated carbocycles. The summed E-state index contributed by atoms with van der Waals surface area (Å²) in [5, 5.41) is 10.6. The van der Waals surface area contributed by atoms with Gasteiger partial charge in [0.15, 0.2) is 12.2 Å². The van der Waals surface area contributed by atoms with Crippen molar-refractivity contribution in [1.82, 2.24) is 0 Å². The first kappa shape index (κ1) is 98.2. The highest BCUT2D eigenvalue weighted by molar-refractivity contribution is 7.47. The molecule has 0 rings (SSSR count). The summed E-state index contributed by atoms with van der Waals surface area (Å²) in [6.45, 7) is 4.68. The Bertz CT molecular complexity index is 2260. The first-order chi connectivity index (χ1) is 49.7. The van der Waals surface area contributed by atoms with Crippen LogP contribution < -0.4 is 0 Å². The zero-order valence-corrected chi connectivity index (χ0v) is 66.6. The van der Waals surface area contributed by atoms with Gasteiger partial charge in [-0.15, -0.1) is 0 Å². The van der Waals surface area contributed by atoms with Crippen molar-refractivity contribution in [1.29, 1.82) is 0 Å². The molecule has 3 N–H and O–H groups in total. The fraction of sp³-hybridized carbons (Fsp3) is 0.783. The van der Waals surface area contributed by atoms with E-state index in [0.717, 1.165) is 193 Å². The van der Waals surface area contributed by atoms with Gasteiger partial charge in [0.2, 0.25) is 0 Å². The minimum absolute atomic E-state index is 0.0826. The zero-order valence-electron chi connectivity index (χ0n) is 64.8. The second kappa shape index (κ2) is 75.5. The molecular formula is C83H148O17P2. The normalized spacial score (nSPS) is 14.3. The average molecular weight is 1480 g/mol. The second-order valence-electron chi connectivity index (χ2n) is 27.3. The lowest BCUT2D eigenvalue weighted by atomic mass is 10.0. The van der Waals surface area contributed by atoms with Crippen LogP contribution in [0.3, 0.4) is 0 Å². The van der Waals surface area contributed by atoms with Crippen molar-refractivity contribution in [3.63, 3.8) is 0 Å². The van der Waals surface area contributed by atoms with E-state index in [0.29, 0.717) is 25.7 Å². The van der Waals surface area contributed by atoms with Crippen LogP contribution >= 0.6 is 15.6 Å². The van der Waals surface area contributed by atoms with Crippen molar-refractivity contribution in [2.75, 3.05) is 39.6 Å². The fourth-order valence-corrected chi connectivity index (χ4v) is 12.8. The molecule has 5 unspecified atom stereocenters. The molecule has 0 aromatic rings. The number of hydrogen-bond acceptors (Lipinski definition) is 15. The lowest BCUT2D eigenvalue weighted by Crippen LogP contribution is -2.30. The van der Waals surface area contributed by atoms with Crippen molar-refractivity contribution < 1.29 is 80.2 Å². The average Bonchev–Trinajstić information content (AvgIpc) is 0.959. The first-order valence-corrected chi connectivity index (χ1v) is 43.8. The highest BCUT2D eigenvalue weighted by Gasteiger charge is 2.30. The summed E-state index contributed by atoms with van der Waals surface area (Å²) < 4.78 is 68.7. The summed E-state index contributed by atoms with van der Waals surface area (Å²) in [5.74, 6) is -2.18. The third kappa shape index (κ3) is 74.5. The number of ether oxygens (including phenoxy) is 4. The van der Waals surface area contributed by atoms with Crippen LogP contribution in [-0.2, 0) is 65.4 Å². The first-order valence-electron chi connectivity index (χ1n) is 40.8. The van der Waals surface area contributed by atoms with E-state index < -0.39 is 97.5 Å². The smallest absolute Gasteiger partial charge is 0.462 e. The van der Waals surface area contributed by atoms with Crippen LogP contribution in [0.1, 0.15) is 362 Å². The van der Waals surface area contributed by atoms with E-state index in [1.54, 1.807) is 0 Å². The van der Waals surface area contributed by atoms with Crippen LogP contribution in [0.2, 0.25) is 0 Å². The highest BCUT2D eigenvalue weighted by Crippen LogP contribution is 2.45. The van der Waals surface area contributed by atoms with Crippen molar-refractivity contribution in [3.8, 4) is 0 Å². The molecule has 0 bridgehead atoms. The number of esters is 4. The van der Waals surface area contributed by atoms with Gasteiger partial charge in [-0.2, -0.15) is 0 Å². The number of phosphoric ester groups is 2. The molecule has 19 heteroatoms. The van der Waals surface area contributed by atoms with E-state index in [4.69, 9.17) is 37.0 Å². The summed E-state index contributed by atoms with van der Waals surface area (Å²) in [4.78, 5) is 73.1. The molecule has 0 aliphatic rings. The minimum atomic E-state index is -4.98. The number of phosphoric acid groups is 2. The molecule has 0 aromatic heterocycles. The lowest BCUT2D eigenvalue weighted by molar-refractivity contribution is -0.161. The van der Waals surface area contributed by atoms with Gasteiger partial charge < -0.3 is 33.8 Å². The molecule has 0 aliphatic heterocycles. The Morgan fingerprint density at radius 2 is 0.510 bits per heavy atom. The van der Waals surface area contributed by atoms with Gasteiger partial charge in [0.25, 0.3) is 0 Å². The molecule has 102 heavy (non-hydrogen) atoms. The summed E-state index contributed by atoms with van der Waals surface area (Å²) in [7, 11) is -9.95. The van der Waals surface area contributed by atoms with Gasteiger partial charge in [0.05, 0.1) is 26.4 Å². The van der Waals surface area contributed by atoms with E-state index in [9.17, 15) is 43.2 Å². The van der Waals surface area contributed by atoms with Crippen LogP contribution in [0.4, 0.5) is 0 Å². The SMILES string of the molecule is CC/C=C\C/C=C\C/C=C\CCCCCCCCCC(=O)OCC(COP(=O)(O)OCC(O)COP(=O)(O)OCC(COC(=O)CCCCCCC/C=C\CCCCCCCC)OC(=O)CCCCCCCCCCCCCCC)OC(=O)CCCCCCCCC/C=C\C/C=C\C/C=C\CC. The van der Waals surface area contributed by atoms with Gasteiger partial charge in [-0.1, -0.05) is 305 Å². The predicted molar refractivity (Wildman–Crippen MR) is 418 cm³/mol. The number of aliphatic hydroxyl groups excluding tert-OH is 1. The third-order valence-corrected chi connectivity index (χ3v) is 19.3. The molecule has 5 atom stereocenters. The third-order valence-electron chi connectivity index (χ3n) is 17.4. The predicted octanol–water partition coefficient (Wildman–Crippen LogP) is 23.8. The summed E-state index contributed by atoms with van der Waals surface area (Å²) >= 11 is 0. The summed E-state index contributed by atoms with van der Waals surface area (Å²) in [6, 6.07) is 0. The van der Waals surface area contributed by atoms with Crippen molar-refractivity contribution in [2.24, 2.45) is 0 Å². The molecular weight excluding hydrogens is 1330 g/mol. The van der Waals surface area contributed by atoms with E-state index in [-0.39, 0.29) is 25.7 Å². The van der Waals surface area contributed by atoms with Crippen molar-refractivity contribution in [3.05, 3.63) is 85.1 Å². The van der Waals surface area contributed by atoms with Crippen LogP contribution in [0.15, 0.2) is 85.1 Å². The molecule has 0 heterocycles. The van der Waals surface area contributed by atoms with Crippen LogP contribution in [0.25, 0.3) is 0 Å². The van der Waals surface area contributed by atoms with Crippen LogP contribution in [-0.4, -0.2) is 96.7 Å². The monoisotopic (exact) mass is 1480 g/mol. The van der Waals surface area contributed by atoms with Crippen molar-refractivity contribution >= 4 is 39.5 Å². The second-order valence-corrected chi connectivity index (χ2v) is 30.2. The van der Waals surface area contributed by atoms with Gasteiger partial charge in [-0.05, 0) is 116 Å². The quantitative estimate of drug-likeness (QED) is 0.0169. The maximum Gasteiger partial charge on any atom is 0.472 e.